The number of benzene rings is 1. The second-order valence-corrected chi connectivity index (χ2v) is 4.25. The average Bonchev–Trinajstić information content (AvgIpc) is 2.99. The van der Waals surface area contributed by atoms with E-state index in [1.807, 2.05) is 6.92 Å². The predicted octanol–water partition coefficient (Wildman–Crippen LogP) is 2.83. The van der Waals surface area contributed by atoms with E-state index < -0.39 is 0 Å². The van der Waals surface area contributed by atoms with E-state index in [0.717, 1.165) is 6.42 Å². The summed E-state index contributed by atoms with van der Waals surface area (Å²) in [6, 6.07) is 10.1. The number of ether oxygens (including phenoxy) is 1. The molecule has 5 heteroatoms. The van der Waals surface area contributed by atoms with Gasteiger partial charge in [0.2, 0.25) is 0 Å². The molecule has 0 saturated heterocycles. The first-order valence-corrected chi connectivity index (χ1v) is 6.42. The molecule has 2 aromatic rings. The van der Waals surface area contributed by atoms with Gasteiger partial charge in [-0.25, -0.2) is 4.79 Å². The van der Waals surface area contributed by atoms with Crippen LogP contribution in [-0.2, 0) is 4.74 Å². The Morgan fingerprint density at radius 1 is 1.25 bits per heavy atom. The van der Waals surface area contributed by atoms with Crippen LogP contribution < -0.4 is 5.32 Å². The molecule has 0 saturated carbocycles. The average molecular weight is 272 g/mol. The smallest absolute Gasteiger partial charge is 0.338 e. The molecule has 0 fully saturated rings. The molecule has 104 valence electrons. The second-order valence-electron chi connectivity index (χ2n) is 4.25. The van der Waals surface area contributed by atoms with Crippen molar-refractivity contribution >= 4 is 17.6 Å². The molecule has 0 aliphatic heterocycles. The van der Waals surface area contributed by atoms with E-state index in [0.29, 0.717) is 23.6 Å². The number of H-pyrrole nitrogens is 1. The van der Waals surface area contributed by atoms with Crippen LogP contribution in [0.5, 0.6) is 0 Å². The van der Waals surface area contributed by atoms with Crippen molar-refractivity contribution in [3.8, 4) is 0 Å². The molecule has 5 nitrogen and oxygen atoms in total. The molecule has 1 amide bonds. The number of rotatable bonds is 5. The molecule has 2 N–H and O–H groups in total. The Balaban J connectivity index is 2.06. The fourth-order valence-corrected chi connectivity index (χ4v) is 1.67. The molecule has 0 radical (unpaired) electrons. The van der Waals surface area contributed by atoms with E-state index in [-0.39, 0.29) is 11.9 Å². The summed E-state index contributed by atoms with van der Waals surface area (Å²) in [5.74, 6) is -0.642. The normalized spacial score (nSPS) is 10.1. The number of hydrogen-bond donors (Lipinski definition) is 2. The van der Waals surface area contributed by atoms with E-state index in [2.05, 4.69) is 10.3 Å². The zero-order valence-electron chi connectivity index (χ0n) is 11.2. The van der Waals surface area contributed by atoms with Gasteiger partial charge in [0.05, 0.1) is 12.2 Å². The van der Waals surface area contributed by atoms with Gasteiger partial charge in [0.25, 0.3) is 5.91 Å². The third-order valence-electron chi connectivity index (χ3n) is 2.64. The number of esters is 1. The van der Waals surface area contributed by atoms with Gasteiger partial charge in [0.1, 0.15) is 5.69 Å². The molecule has 20 heavy (non-hydrogen) atoms. The summed E-state index contributed by atoms with van der Waals surface area (Å²) in [7, 11) is 0. The third kappa shape index (κ3) is 3.47. The fraction of sp³-hybridized carbons (Fsp3) is 0.200. The minimum absolute atomic E-state index is 0.255. The van der Waals surface area contributed by atoms with Crippen molar-refractivity contribution in [3.63, 3.8) is 0 Å². The quantitative estimate of drug-likeness (QED) is 0.822. The van der Waals surface area contributed by atoms with Gasteiger partial charge in [-0.2, -0.15) is 0 Å². The first kappa shape index (κ1) is 13.9. The Labute approximate surface area is 117 Å². The van der Waals surface area contributed by atoms with E-state index in [4.69, 9.17) is 4.74 Å². The molecule has 0 spiro atoms. The number of anilines is 1. The minimum Gasteiger partial charge on any atom is -0.462 e. The van der Waals surface area contributed by atoms with Crippen molar-refractivity contribution in [2.75, 3.05) is 11.9 Å². The van der Waals surface area contributed by atoms with Crippen LogP contribution in [-0.4, -0.2) is 23.5 Å². The summed E-state index contributed by atoms with van der Waals surface area (Å²) in [6.45, 7) is 2.32. The number of aromatic nitrogens is 1. The third-order valence-corrected chi connectivity index (χ3v) is 2.64. The Bertz CT molecular complexity index is 591. The maximum absolute atomic E-state index is 11.9. The highest BCUT2D eigenvalue weighted by Gasteiger charge is 2.10. The lowest BCUT2D eigenvalue weighted by Gasteiger charge is -2.07. The summed E-state index contributed by atoms with van der Waals surface area (Å²) in [6.07, 6.45) is 2.45. The standard InChI is InChI=1S/C15H16N2O3/c1-2-9-20-15(19)11-5-3-6-12(10-11)17-14(18)13-7-4-8-16-13/h3-8,10,16H,2,9H2,1H3,(H,17,18). The van der Waals surface area contributed by atoms with Crippen molar-refractivity contribution in [3.05, 3.63) is 53.9 Å². The lowest BCUT2D eigenvalue weighted by atomic mass is 10.2. The molecule has 1 aromatic heterocycles. The largest absolute Gasteiger partial charge is 0.462 e. The molecular weight excluding hydrogens is 256 g/mol. The van der Waals surface area contributed by atoms with Crippen LogP contribution in [0.15, 0.2) is 42.6 Å². The van der Waals surface area contributed by atoms with Crippen molar-refractivity contribution < 1.29 is 14.3 Å². The van der Waals surface area contributed by atoms with Crippen LogP contribution >= 0.6 is 0 Å². The van der Waals surface area contributed by atoms with E-state index in [1.165, 1.54) is 0 Å². The Morgan fingerprint density at radius 3 is 2.80 bits per heavy atom. The zero-order chi connectivity index (χ0) is 14.4. The highest BCUT2D eigenvalue weighted by Crippen LogP contribution is 2.13. The summed E-state index contributed by atoms with van der Waals surface area (Å²) in [5, 5.41) is 2.72. The van der Waals surface area contributed by atoms with Crippen LogP contribution in [0.1, 0.15) is 34.2 Å². The van der Waals surface area contributed by atoms with Gasteiger partial charge < -0.3 is 15.0 Å². The van der Waals surface area contributed by atoms with Crippen LogP contribution in [0.4, 0.5) is 5.69 Å². The topological polar surface area (TPSA) is 71.2 Å². The molecule has 0 atom stereocenters. The van der Waals surface area contributed by atoms with Gasteiger partial charge in [-0.15, -0.1) is 0 Å². The van der Waals surface area contributed by atoms with Crippen molar-refractivity contribution in [1.29, 1.82) is 0 Å². The van der Waals surface area contributed by atoms with Crippen LogP contribution in [0.2, 0.25) is 0 Å². The molecule has 0 aliphatic carbocycles. The van der Waals surface area contributed by atoms with Gasteiger partial charge >= 0.3 is 5.97 Å². The maximum atomic E-state index is 11.9. The molecule has 0 bridgehead atoms. The van der Waals surface area contributed by atoms with Crippen molar-refractivity contribution in [1.82, 2.24) is 4.98 Å². The Morgan fingerprint density at radius 2 is 2.10 bits per heavy atom. The van der Waals surface area contributed by atoms with Crippen molar-refractivity contribution in [2.24, 2.45) is 0 Å². The number of nitrogens with one attached hydrogen (secondary N) is 2. The monoisotopic (exact) mass is 272 g/mol. The van der Waals surface area contributed by atoms with Crippen molar-refractivity contribution in [2.45, 2.75) is 13.3 Å². The second kappa shape index (κ2) is 6.56. The zero-order valence-corrected chi connectivity index (χ0v) is 11.2. The van der Waals surface area contributed by atoms with Gasteiger partial charge in [-0.3, -0.25) is 4.79 Å². The molecular formula is C15H16N2O3. The number of aromatic amines is 1. The number of carbonyl (C=O) groups excluding carboxylic acids is 2. The van der Waals surface area contributed by atoms with Gasteiger partial charge in [-0.05, 0) is 36.8 Å². The van der Waals surface area contributed by atoms with E-state index >= 15 is 0 Å². The van der Waals surface area contributed by atoms with Crippen LogP contribution in [0.3, 0.4) is 0 Å². The van der Waals surface area contributed by atoms with E-state index in [1.54, 1.807) is 42.6 Å². The Kier molecular flexibility index (Phi) is 4.55. The highest BCUT2D eigenvalue weighted by molar-refractivity contribution is 6.03. The lowest BCUT2D eigenvalue weighted by Crippen LogP contribution is -2.13. The number of amides is 1. The maximum Gasteiger partial charge on any atom is 0.338 e. The molecule has 0 unspecified atom stereocenters. The fourth-order valence-electron chi connectivity index (χ4n) is 1.67. The summed E-state index contributed by atoms with van der Waals surface area (Å²) in [5.41, 5.74) is 1.43. The van der Waals surface area contributed by atoms with Gasteiger partial charge in [0.15, 0.2) is 0 Å². The summed E-state index contributed by atoms with van der Waals surface area (Å²) < 4.78 is 5.05. The first-order valence-electron chi connectivity index (χ1n) is 6.42. The van der Waals surface area contributed by atoms with Crippen LogP contribution in [0.25, 0.3) is 0 Å². The lowest BCUT2D eigenvalue weighted by molar-refractivity contribution is 0.0505. The highest BCUT2D eigenvalue weighted by atomic mass is 16.5. The molecule has 1 heterocycles. The van der Waals surface area contributed by atoms with Crippen LogP contribution in [0, 0.1) is 0 Å². The summed E-state index contributed by atoms with van der Waals surface area (Å²) >= 11 is 0. The van der Waals surface area contributed by atoms with Gasteiger partial charge in [0, 0.05) is 11.9 Å². The minimum atomic E-state index is -0.386. The predicted molar refractivity (Wildman–Crippen MR) is 75.8 cm³/mol. The van der Waals surface area contributed by atoms with Gasteiger partial charge in [-0.1, -0.05) is 13.0 Å². The first-order chi connectivity index (χ1) is 9.70. The molecule has 2 rings (SSSR count). The number of hydrogen-bond acceptors (Lipinski definition) is 3. The SMILES string of the molecule is CCCOC(=O)c1cccc(NC(=O)c2ccc[nH]2)c1. The molecule has 1 aromatic carbocycles. The molecule has 0 aliphatic rings. The Hall–Kier alpha value is -2.56. The van der Waals surface area contributed by atoms with E-state index in [9.17, 15) is 9.59 Å². The summed E-state index contributed by atoms with van der Waals surface area (Å²) in [4.78, 5) is 26.4. The number of carbonyl (C=O) groups is 2.